The summed E-state index contributed by atoms with van der Waals surface area (Å²) in [6, 6.07) is 4.85. The van der Waals surface area contributed by atoms with Crippen LogP contribution >= 0.6 is 0 Å². The third kappa shape index (κ3) is 3.59. The summed E-state index contributed by atoms with van der Waals surface area (Å²) in [7, 11) is 0.333. The van der Waals surface area contributed by atoms with E-state index >= 15 is 0 Å². The number of hydrogen-bond acceptors (Lipinski definition) is 5. The first-order chi connectivity index (χ1) is 8.99. The Kier molecular flexibility index (Phi) is 4.28. The van der Waals surface area contributed by atoms with E-state index in [0.29, 0.717) is 32.0 Å². The van der Waals surface area contributed by atoms with Gasteiger partial charge in [0, 0.05) is 19.6 Å². The molecule has 2 N–H and O–H groups in total. The van der Waals surface area contributed by atoms with Crippen LogP contribution in [0.4, 0.5) is 5.69 Å². The number of nitrogens with one attached hydrogen (secondary N) is 2. The summed E-state index contributed by atoms with van der Waals surface area (Å²) in [6.45, 7) is 2.33. The molecule has 0 saturated heterocycles. The molecule has 0 saturated carbocycles. The Morgan fingerprint density at radius 1 is 1.42 bits per heavy atom. The number of nitrogens with zero attached hydrogens (tertiary/aromatic N) is 1. The third-order valence-corrected chi connectivity index (χ3v) is 4.25. The molecule has 1 heterocycles. The summed E-state index contributed by atoms with van der Waals surface area (Å²) >= 11 is 0. The maximum absolute atomic E-state index is 12.1. The van der Waals surface area contributed by atoms with Crippen LogP contribution in [0.25, 0.3) is 0 Å². The molecular weight excluding hydrogens is 266 g/mol. The van der Waals surface area contributed by atoms with E-state index in [1.54, 1.807) is 18.2 Å². The van der Waals surface area contributed by atoms with Crippen LogP contribution < -0.4 is 14.8 Å². The monoisotopic (exact) mass is 285 g/mol. The highest BCUT2D eigenvalue weighted by atomic mass is 32.2. The summed E-state index contributed by atoms with van der Waals surface area (Å²) < 4.78 is 32.2. The molecule has 2 rings (SSSR count). The molecule has 19 heavy (non-hydrogen) atoms. The highest BCUT2D eigenvalue weighted by molar-refractivity contribution is 7.89. The maximum atomic E-state index is 12.1. The quantitative estimate of drug-likeness (QED) is 0.816. The minimum Gasteiger partial charge on any atom is -0.490 e. The van der Waals surface area contributed by atoms with E-state index in [0.717, 1.165) is 5.69 Å². The Morgan fingerprint density at radius 2 is 2.21 bits per heavy atom. The van der Waals surface area contributed by atoms with Gasteiger partial charge in [-0.3, -0.25) is 0 Å². The summed E-state index contributed by atoms with van der Waals surface area (Å²) in [4.78, 5) is 2.17. The SMILES string of the molecule is CN(C)CCNS(=O)(=O)c1ccc2c(c1)NCCO2. The largest absolute Gasteiger partial charge is 0.490 e. The molecule has 0 spiro atoms. The normalized spacial score (nSPS) is 14.7. The van der Waals surface area contributed by atoms with Gasteiger partial charge in [0.1, 0.15) is 12.4 Å². The first-order valence-corrected chi connectivity index (χ1v) is 7.62. The number of hydrogen-bond donors (Lipinski definition) is 2. The Balaban J connectivity index is 2.12. The zero-order valence-electron chi connectivity index (χ0n) is 11.1. The van der Waals surface area contributed by atoms with Gasteiger partial charge in [0.25, 0.3) is 0 Å². The van der Waals surface area contributed by atoms with Gasteiger partial charge in [0.15, 0.2) is 0 Å². The van der Waals surface area contributed by atoms with Crippen molar-refractivity contribution >= 4 is 15.7 Å². The number of sulfonamides is 1. The first kappa shape index (κ1) is 14.1. The molecule has 1 aliphatic heterocycles. The fourth-order valence-corrected chi connectivity index (χ4v) is 2.82. The van der Waals surface area contributed by atoms with Gasteiger partial charge in [-0.05, 0) is 32.3 Å². The highest BCUT2D eigenvalue weighted by Gasteiger charge is 2.17. The van der Waals surface area contributed by atoms with Crippen molar-refractivity contribution in [3.63, 3.8) is 0 Å². The number of anilines is 1. The zero-order chi connectivity index (χ0) is 13.9. The Bertz CT molecular complexity index is 543. The maximum Gasteiger partial charge on any atom is 0.240 e. The second-order valence-corrected chi connectivity index (χ2v) is 6.40. The standard InChI is InChI=1S/C12H19N3O3S/c1-15(2)7-5-14-19(16,17)10-3-4-12-11(9-10)13-6-8-18-12/h3-4,9,13-14H,5-8H2,1-2H3. The molecule has 0 aromatic heterocycles. The summed E-state index contributed by atoms with van der Waals surface area (Å²) in [6.07, 6.45) is 0. The van der Waals surface area contributed by atoms with E-state index in [2.05, 4.69) is 10.0 Å². The lowest BCUT2D eigenvalue weighted by Gasteiger charge is -2.19. The van der Waals surface area contributed by atoms with E-state index in [1.165, 1.54) is 0 Å². The fourth-order valence-electron chi connectivity index (χ4n) is 1.77. The molecule has 1 aromatic carbocycles. The molecule has 6 nitrogen and oxygen atoms in total. The number of rotatable bonds is 5. The van der Waals surface area contributed by atoms with Gasteiger partial charge in [-0.25, -0.2) is 13.1 Å². The molecule has 1 aliphatic rings. The van der Waals surface area contributed by atoms with Gasteiger partial charge >= 0.3 is 0 Å². The van der Waals surface area contributed by atoms with Gasteiger partial charge in [0.05, 0.1) is 10.6 Å². The van der Waals surface area contributed by atoms with Crippen molar-refractivity contribution in [1.82, 2.24) is 9.62 Å². The van der Waals surface area contributed by atoms with Crippen molar-refractivity contribution in [2.75, 3.05) is 45.7 Å². The number of benzene rings is 1. The highest BCUT2D eigenvalue weighted by Crippen LogP contribution is 2.29. The molecule has 0 bridgehead atoms. The molecule has 0 atom stereocenters. The van der Waals surface area contributed by atoms with E-state index in [9.17, 15) is 8.42 Å². The van der Waals surface area contributed by atoms with Crippen molar-refractivity contribution in [3.8, 4) is 5.75 Å². The lowest BCUT2D eigenvalue weighted by atomic mass is 10.2. The van der Waals surface area contributed by atoms with Crippen LogP contribution in [0.5, 0.6) is 5.75 Å². The number of likely N-dealkylation sites (N-methyl/N-ethyl adjacent to an activating group) is 1. The van der Waals surface area contributed by atoms with Crippen molar-refractivity contribution < 1.29 is 13.2 Å². The van der Waals surface area contributed by atoms with E-state index in [1.807, 2.05) is 19.0 Å². The number of fused-ring (bicyclic) bond motifs is 1. The smallest absolute Gasteiger partial charge is 0.240 e. The molecule has 0 aliphatic carbocycles. The first-order valence-electron chi connectivity index (χ1n) is 6.14. The average Bonchev–Trinajstić information content (AvgIpc) is 2.37. The predicted molar refractivity (Wildman–Crippen MR) is 74.2 cm³/mol. The molecule has 0 unspecified atom stereocenters. The lowest BCUT2D eigenvalue weighted by Crippen LogP contribution is -2.31. The van der Waals surface area contributed by atoms with Crippen molar-refractivity contribution in [1.29, 1.82) is 0 Å². The average molecular weight is 285 g/mol. The van der Waals surface area contributed by atoms with Gasteiger partial charge in [0.2, 0.25) is 10.0 Å². The van der Waals surface area contributed by atoms with Crippen LogP contribution in [-0.2, 0) is 10.0 Å². The summed E-state index contributed by atoms with van der Waals surface area (Å²) in [5.41, 5.74) is 0.724. The predicted octanol–water partition coefficient (Wildman–Crippen LogP) is 0.331. The molecule has 0 fully saturated rings. The minimum absolute atomic E-state index is 0.253. The van der Waals surface area contributed by atoms with Crippen molar-refractivity contribution in [2.24, 2.45) is 0 Å². The van der Waals surface area contributed by atoms with Gasteiger partial charge in [-0.15, -0.1) is 0 Å². The molecule has 1 aromatic rings. The zero-order valence-corrected chi connectivity index (χ0v) is 12.0. The Labute approximate surface area is 113 Å². The van der Waals surface area contributed by atoms with E-state index in [4.69, 9.17) is 4.74 Å². The second kappa shape index (κ2) is 5.77. The topological polar surface area (TPSA) is 70.7 Å². The van der Waals surface area contributed by atoms with E-state index in [-0.39, 0.29) is 4.90 Å². The minimum atomic E-state index is -3.46. The van der Waals surface area contributed by atoms with Gasteiger partial charge in [-0.1, -0.05) is 0 Å². The Morgan fingerprint density at radius 3 is 2.95 bits per heavy atom. The van der Waals surface area contributed by atoms with Crippen molar-refractivity contribution in [2.45, 2.75) is 4.90 Å². The summed E-state index contributed by atoms with van der Waals surface area (Å²) in [5, 5.41) is 3.12. The van der Waals surface area contributed by atoms with Crippen LogP contribution in [-0.4, -0.2) is 53.7 Å². The molecule has 0 amide bonds. The van der Waals surface area contributed by atoms with Crippen LogP contribution in [0.3, 0.4) is 0 Å². The van der Waals surface area contributed by atoms with Gasteiger partial charge in [-0.2, -0.15) is 0 Å². The summed E-state index contributed by atoms with van der Waals surface area (Å²) in [5.74, 6) is 0.693. The molecule has 7 heteroatoms. The van der Waals surface area contributed by atoms with Crippen LogP contribution in [0, 0.1) is 0 Å². The molecule has 106 valence electrons. The number of ether oxygens (including phenoxy) is 1. The Hall–Kier alpha value is -1.31. The van der Waals surface area contributed by atoms with Gasteiger partial charge < -0.3 is 15.0 Å². The van der Waals surface area contributed by atoms with Crippen LogP contribution in [0.15, 0.2) is 23.1 Å². The second-order valence-electron chi connectivity index (χ2n) is 4.63. The fraction of sp³-hybridized carbons (Fsp3) is 0.500. The van der Waals surface area contributed by atoms with E-state index < -0.39 is 10.0 Å². The lowest BCUT2D eigenvalue weighted by molar-refractivity contribution is 0.323. The third-order valence-electron chi connectivity index (χ3n) is 2.79. The van der Waals surface area contributed by atoms with Crippen molar-refractivity contribution in [3.05, 3.63) is 18.2 Å². The van der Waals surface area contributed by atoms with Crippen LogP contribution in [0.2, 0.25) is 0 Å². The molecular formula is C12H19N3O3S. The van der Waals surface area contributed by atoms with Crippen LogP contribution in [0.1, 0.15) is 0 Å². The molecule has 0 radical (unpaired) electrons.